The summed E-state index contributed by atoms with van der Waals surface area (Å²) in [4.78, 5) is 0. The number of aliphatic hydroxyl groups is 2. The van der Waals surface area contributed by atoms with Crippen LogP contribution in [0.2, 0.25) is 0 Å². The lowest BCUT2D eigenvalue weighted by molar-refractivity contribution is -0.111. The van der Waals surface area contributed by atoms with Crippen LogP contribution in [0.1, 0.15) is 13.8 Å². The van der Waals surface area contributed by atoms with Crippen LogP contribution in [0.25, 0.3) is 0 Å². The lowest BCUT2D eigenvalue weighted by Crippen LogP contribution is -2.19. The highest BCUT2D eigenvalue weighted by atomic mass is 16.8. The van der Waals surface area contributed by atoms with Crippen molar-refractivity contribution in [1.82, 2.24) is 0 Å². The molecule has 0 radical (unpaired) electrons. The zero-order valence-corrected chi connectivity index (χ0v) is 9.03. The molecule has 6 heteroatoms. The number of rotatable bonds is 2. The molecule has 6 nitrogen and oxygen atoms in total. The third kappa shape index (κ3) is 2.20. The fourth-order valence-corrected chi connectivity index (χ4v) is 1.07. The number of hydrogen-bond donors (Lipinski definition) is 2. The predicted molar refractivity (Wildman–Crippen MR) is 49.6 cm³/mol. The Hall–Kier alpha value is -1.72. The quantitative estimate of drug-likeness (QED) is 0.684. The van der Waals surface area contributed by atoms with Gasteiger partial charge in [0.1, 0.15) is 0 Å². The van der Waals surface area contributed by atoms with Gasteiger partial charge in [0.05, 0.1) is 14.2 Å². The van der Waals surface area contributed by atoms with Crippen LogP contribution in [0.4, 0.5) is 0 Å². The number of hydrogen-bond acceptors (Lipinski definition) is 6. The van der Waals surface area contributed by atoms with Gasteiger partial charge in [-0.1, -0.05) is 0 Å². The summed E-state index contributed by atoms with van der Waals surface area (Å²) in [7, 11) is 2.52. The molecule has 0 bridgehead atoms. The van der Waals surface area contributed by atoms with Crippen LogP contribution in [0.5, 0.6) is 0 Å². The Morgan fingerprint density at radius 2 is 1.33 bits per heavy atom. The molecule has 0 amide bonds. The highest BCUT2D eigenvalue weighted by Gasteiger charge is 2.40. The molecule has 1 aliphatic heterocycles. The molecular weight excluding hydrogens is 204 g/mol. The topological polar surface area (TPSA) is 77.4 Å². The zero-order chi connectivity index (χ0) is 11.6. The molecule has 2 N–H and O–H groups in total. The van der Waals surface area contributed by atoms with Crippen molar-refractivity contribution < 1.29 is 29.2 Å². The Balaban J connectivity index is 3.16. The van der Waals surface area contributed by atoms with Crippen molar-refractivity contribution in [3.63, 3.8) is 0 Å². The summed E-state index contributed by atoms with van der Waals surface area (Å²) >= 11 is 0. The number of aliphatic hydroxyl groups excluding tert-OH is 2. The number of methoxy groups -OCH3 is 2. The monoisotopic (exact) mass is 218 g/mol. The van der Waals surface area contributed by atoms with E-state index in [0.29, 0.717) is 0 Å². The lowest BCUT2D eigenvalue weighted by Gasteiger charge is -2.15. The van der Waals surface area contributed by atoms with E-state index in [1.807, 2.05) is 0 Å². The molecule has 0 aromatic rings. The Morgan fingerprint density at radius 3 is 1.60 bits per heavy atom. The largest absolute Gasteiger partial charge is 0.478 e. The molecule has 1 saturated heterocycles. The van der Waals surface area contributed by atoms with E-state index in [1.165, 1.54) is 14.2 Å². The minimum absolute atomic E-state index is 0.0955. The summed E-state index contributed by atoms with van der Waals surface area (Å²) < 4.78 is 19.6. The highest BCUT2D eigenvalue weighted by Crippen LogP contribution is 2.36. The molecule has 0 unspecified atom stereocenters. The second-order valence-electron chi connectivity index (χ2n) is 3.28. The van der Waals surface area contributed by atoms with Crippen LogP contribution in [0, 0.1) is 0 Å². The minimum atomic E-state index is -0.996. The molecule has 15 heavy (non-hydrogen) atoms. The molecule has 1 aliphatic rings. The minimum Gasteiger partial charge on any atom is -0.478 e. The van der Waals surface area contributed by atoms with E-state index in [-0.39, 0.29) is 11.5 Å². The molecule has 0 saturated carbocycles. The van der Waals surface area contributed by atoms with Crippen molar-refractivity contribution in [2.75, 3.05) is 14.2 Å². The van der Waals surface area contributed by atoms with E-state index in [4.69, 9.17) is 9.47 Å². The van der Waals surface area contributed by atoms with E-state index in [9.17, 15) is 10.2 Å². The van der Waals surface area contributed by atoms with E-state index in [1.54, 1.807) is 13.8 Å². The van der Waals surface area contributed by atoms with Crippen molar-refractivity contribution in [3.8, 4) is 0 Å². The summed E-state index contributed by atoms with van der Waals surface area (Å²) in [5, 5.41) is 18.7. The number of ether oxygens (including phenoxy) is 4. The zero-order valence-electron chi connectivity index (χ0n) is 9.03. The van der Waals surface area contributed by atoms with E-state index in [0.717, 1.165) is 0 Å². The molecule has 86 valence electrons. The van der Waals surface area contributed by atoms with Gasteiger partial charge in [-0.05, 0) is 0 Å². The van der Waals surface area contributed by atoms with Gasteiger partial charge in [0.2, 0.25) is 5.79 Å². The first-order valence-corrected chi connectivity index (χ1v) is 4.24. The Kier molecular flexibility index (Phi) is 2.88. The average Bonchev–Trinajstić information content (AvgIpc) is 2.52. The maximum atomic E-state index is 9.36. The molecule has 1 heterocycles. The van der Waals surface area contributed by atoms with Crippen LogP contribution in [0.15, 0.2) is 23.4 Å². The molecule has 0 aromatic carbocycles. The highest BCUT2D eigenvalue weighted by molar-refractivity contribution is 5.25. The first-order valence-electron chi connectivity index (χ1n) is 4.24. The molecule has 0 aromatic heterocycles. The van der Waals surface area contributed by atoms with Gasteiger partial charge in [0.25, 0.3) is 11.5 Å². The normalized spacial score (nSPS) is 25.1. The molecule has 0 spiro atoms. The van der Waals surface area contributed by atoms with Crippen LogP contribution >= 0.6 is 0 Å². The summed E-state index contributed by atoms with van der Waals surface area (Å²) in [5.41, 5.74) is 0. The van der Waals surface area contributed by atoms with Gasteiger partial charge in [-0.15, -0.1) is 0 Å². The maximum absolute atomic E-state index is 9.36. The van der Waals surface area contributed by atoms with Crippen LogP contribution in [0.3, 0.4) is 0 Å². The molecule has 0 aliphatic carbocycles. The Bertz CT molecular complexity index is 285. The summed E-state index contributed by atoms with van der Waals surface area (Å²) in [6, 6.07) is 0. The third-order valence-electron chi connectivity index (χ3n) is 1.68. The first kappa shape index (κ1) is 11.4. The van der Waals surface area contributed by atoms with Crippen LogP contribution < -0.4 is 0 Å². The molecule has 1 rings (SSSR count). The molecular formula is C9H14O6. The van der Waals surface area contributed by atoms with Gasteiger partial charge in [-0.3, -0.25) is 0 Å². The molecule has 0 atom stereocenters. The van der Waals surface area contributed by atoms with Gasteiger partial charge in [0, 0.05) is 13.8 Å². The molecule has 1 fully saturated rings. The van der Waals surface area contributed by atoms with Gasteiger partial charge in [0.15, 0.2) is 0 Å². The first-order chi connectivity index (χ1) is 6.91. The van der Waals surface area contributed by atoms with E-state index in [2.05, 4.69) is 9.47 Å². The summed E-state index contributed by atoms with van der Waals surface area (Å²) in [6.45, 7) is 3.23. The van der Waals surface area contributed by atoms with Gasteiger partial charge in [-0.2, -0.15) is 0 Å². The predicted octanol–water partition coefficient (Wildman–Crippen LogP) is 1.52. The average molecular weight is 218 g/mol. The second kappa shape index (κ2) is 3.80. The van der Waals surface area contributed by atoms with Crippen LogP contribution in [-0.2, 0) is 18.9 Å². The lowest BCUT2D eigenvalue weighted by atomic mass is 10.4. The standard InChI is InChI=1S/C9H14O6/c1-9(2)14-5(7(10)12-3)6(15-9)8(11)13-4/h10-11H,1-4H3/b7-5+,8-6+. The van der Waals surface area contributed by atoms with E-state index >= 15 is 0 Å². The SMILES string of the molecule is CO/C(O)=C1/OC(C)(C)O/C1=C(\O)OC. The summed E-state index contributed by atoms with van der Waals surface area (Å²) in [6.07, 6.45) is 0. The third-order valence-corrected chi connectivity index (χ3v) is 1.68. The van der Waals surface area contributed by atoms with Crippen molar-refractivity contribution in [2.45, 2.75) is 19.6 Å². The van der Waals surface area contributed by atoms with Gasteiger partial charge < -0.3 is 29.2 Å². The fraction of sp³-hybridized carbons (Fsp3) is 0.556. The Morgan fingerprint density at radius 1 is 1.00 bits per heavy atom. The smallest absolute Gasteiger partial charge is 0.325 e. The van der Waals surface area contributed by atoms with Crippen molar-refractivity contribution in [1.29, 1.82) is 0 Å². The maximum Gasteiger partial charge on any atom is 0.325 e. The van der Waals surface area contributed by atoms with E-state index < -0.39 is 17.7 Å². The summed E-state index contributed by atoms with van der Waals surface area (Å²) in [5.74, 6) is -2.16. The van der Waals surface area contributed by atoms with Crippen molar-refractivity contribution in [3.05, 3.63) is 23.4 Å². The van der Waals surface area contributed by atoms with Crippen molar-refractivity contribution in [2.24, 2.45) is 0 Å². The van der Waals surface area contributed by atoms with Gasteiger partial charge in [-0.25, -0.2) is 0 Å². The van der Waals surface area contributed by atoms with Crippen LogP contribution in [-0.4, -0.2) is 30.2 Å². The second-order valence-corrected chi connectivity index (χ2v) is 3.28. The Labute approximate surface area is 87.3 Å². The van der Waals surface area contributed by atoms with Gasteiger partial charge >= 0.3 is 11.9 Å². The van der Waals surface area contributed by atoms with Crippen molar-refractivity contribution >= 4 is 0 Å². The fourth-order valence-electron chi connectivity index (χ4n) is 1.07.